The molecule has 1 aromatic heterocycles. The van der Waals surface area contributed by atoms with Crippen LogP contribution in [0.4, 0.5) is 20.5 Å². The molecule has 0 bridgehead atoms. The van der Waals surface area contributed by atoms with Gasteiger partial charge >= 0.3 is 0 Å². The molecule has 1 saturated heterocycles. The van der Waals surface area contributed by atoms with Crippen LogP contribution < -0.4 is 15.0 Å². The Morgan fingerprint density at radius 1 is 1.09 bits per heavy atom. The third kappa shape index (κ3) is 5.05. The largest absolute Gasteiger partial charge is 0.433 e. The van der Waals surface area contributed by atoms with Crippen molar-refractivity contribution in [1.29, 1.82) is 0 Å². The van der Waals surface area contributed by atoms with Crippen LogP contribution >= 0.6 is 0 Å². The third-order valence-electron chi connectivity index (χ3n) is 6.49. The Morgan fingerprint density at radius 3 is 2.66 bits per heavy atom. The van der Waals surface area contributed by atoms with E-state index in [1.54, 1.807) is 12.1 Å². The van der Waals surface area contributed by atoms with Gasteiger partial charge in [-0.2, -0.15) is 9.97 Å². The van der Waals surface area contributed by atoms with Crippen LogP contribution in [-0.2, 0) is 6.42 Å². The van der Waals surface area contributed by atoms with Crippen molar-refractivity contribution < 1.29 is 13.5 Å². The summed E-state index contributed by atoms with van der Waals surface area (Å²) in [4.78, 5) is 18.0. The number of piperazine rings is 1. The van der Waals surface area contributed by atoms with Gasteiger partial charge in [0.2, 0.25) is 17.6 Å². The van der Waals surface area contributed by atoms with Gasteiger partial charge in [0, 0.05) is 37.8 Å². The highest BCUT2D eigenvalue weighted by atomic mass is 19.1. The molecule has 7 nitrogen and oxygen atoms in total. The Kier molecular flexibility index (Phi) is 6.51. The molecule has 1 fully saturated rings. The number of likely N-dealkylation sites (N-methyl/N-ethyl adjacent to an activating group) is 1. The SMILES string of the molecule is CCCC1=CC(Nc2nc(Oc3c(F)cc4c(c3F)C=C(C)C4)cc(N3CCN(C)CC3)n2)=NC1. The molecule has 0 atom stereocenters. The van der Waals surface area contributed by atoms with Crippen LogP contribution in [0.1, 0.15) is 37.8 Å². The number of anilines is 2. The van der Waals surface area contributed by atoms with Gasteiger partial charge in [-0.1, -0.05) is 25.0 Å². The molecule has 0 spiro atoms. The van der Waals surface area contributed by atoms with Crippen molar-refractivity contribution in [2.24, 2.45) is 4.99 Å². The van der Waals surface area contributed by atoms with E-state index in [9.17, 15) is 4.39 Å². The topological polar surface area (TPSA) is 65.9 Å². The average molecular weight is 481 g/mol. The summed E-state index contributed by atoms with van der Waals surface area (Å²) >= 11 is 0. The quantitative estimate of drug-likeness (QED) is 0.640. The molecule has 9 heteroatoms. The minimum absolute atomic E-state index is 0.0734. The van der Waals surface area contributed by atoms with Crippen LogP contribution in [0.15, 0.2) is 34.3 Å². The van der Waals surface area contributed by atoms with Gasteiger partial charge in [-0.25, -0.2) is 8.78 Å². The Labute approximate surface area is 204 Å². The molecule has 1 aromatic carbocycles. The normalized spacial score (nSPS) is 17.7. The predicted molar refractivity (Wildman–Crippen MR) is 134 cm³/mol. The van der Waals surface area contributed by atoms with Gasteiger partial charge in [-0.05, 0) is 50.1 Å². The first-order valence-electron chi connectivity index (χ1n) is 12.1. The second-order valence-electron chi connectivity index (χ2n) is 9.40. The van der Waals surface area contributed by atoms with Crippen LogP contribution in [0.3, 0.4) is 0 Å². The van der Waals surface area contributed by atoms with E-state index in [2.05, 4.69) is 44.0 Å². The number of allylic oxidation sites excluding steroid dienone is 1. The standard InChI is InChI=1S/C26H30F2N6O/c1-4-5-17-12-21(29-15-17)30-26-31-22(34-8-6-33(3)7-9-34)14-23(32-26)35-25-20(27)13-18-10-16(2)11-19(18)24(25)28/h11-14H,4-10,15H2,1-3H3,(H,29,30,31,32). The van der Waals surface area contributed by atoms with Gasteiger partial charge in [0.15, 0.2) is 11.6 Å². The number of ether oxygens (including phenoxy) is 1. The molecular formula is C26H30F2N6O. The minimum atomic E-state index is -0.745. The fraction of sp³-hybridized carbons (Fsp3) is 0.423. The summed E-state index contributed by atoms with van der Waals surface area (Å²) in [7, 11) is 2.08. The van der Waals surface area contributed by atoms with Gasteiger partial charge in [-0.3, -0.25) is 4.99 Å². The summed E-state index contributed by atoms with van der Waals surface area (Å²) < 4.78 is 35.8. The summed E-state index contributed by atoms with van der Waals surface area (Å²) in [6, 6.07) is 2.98. The maximum Gasteiger partial charge on any atom is 0.233 e. The van der Waals surface area contributed by atoms with Crippen molar-refractivity contribution in [3.05, 3.63) is 52.1 Å². The van der Waals surface area contributed by atoms with Crippen molar-refractivity contribution in [1.82, 2.24) is 14.9 Å². The second-order valence-corrected chi connectivity index (χ2v) is 9.40. The molecule has 5 rings (SSSR count). The lowest BCUT2D eigenvalue weighted by Crippen LogP contribution is -2.44. The Bertz CT molecular complexity index is 1230. The van der Waals surface area contributed by atoms with Crippen molar-refractivity contribution in [3.63, 3.8) is 0 Å². The van der Waals surface area contributed by atoms with E-state index in [0.717, 1.165) is 44.6 Å². The van der Waals surface area contributed by atoms with Crippen molar-refractivity contribution in [2.45, 2.75) is 33.1 Å². The van der Waals surface area contributed by atoms with Gasteiger partial charge < -0.3 is 19.9 Å². The van der Waals surface area contributed by atoms with Crippen LogP contribution in [0.2, 0.25) is 0 Å². The minimum Gasteiger partial charge on any atom is -0.433 e. The second kappa shape index (κ2) is 9.73. The number of nitrogens with zero attached hydrogens (tertiary/aromatic N) is 5. The Morgan fingerprint density at radius 2 is 1.89 bits per heavy atom. The molecule has 0 saturated carbocycles. The monoisotopic (exact) mass is 480 g/mol. The number of nitrogens with one attached hydrogen (secondary N) is 1. The maximum atomic E-state index is 15.2. The van der Waals surface area contributed by atoms with Gasteiger partial charge in [0.25, 0.3) is 0 Å². The lowest BCUT2D eigenvalue weighted by molar-refractivity contribution is 0.312. The van der Waals surface area contributed by atoms with Gasteiger partial charge in [0.05, 0.1) is 6.54 Å². The summed E-state index contributed by atoms with van der Waals surface area (Å²) in [5.74, 6) is -0.243. The number of halogens is 2. The van der Waals surface area contributed by atoms with E-state index in [0.29, 0.717) is 35.7 Å². The lowest BCUT2D eigenvalue weighted by atomic mass is 10.1. The molecule has 0 unspecified atom stereocenters. The fourth-order valence-electron chi connectivity index (χ4n) is 4.62. The van der Waals surface area contributed by atoms with E-state index < -0.39 is 17.4 Å². The van der Waals surface area contributed by atoms with Crippen molar-refractivity contribution in [2.75, 3.05) is 50.0 Å². The lowest BCUT2D eigenvalue weighted by Gasteiger charge is -2.33. The number of aromatic nitrogens is 2. The predicted octanol–water partition coefficient (Wildman–Crippen LogP) is 4.81. The summed E-state index contributed by atoms with van der Waals surface area (Å²) in [6.45, 7) is 8.01. The molecule has 0 amide bonds. The number of rotatable bonds is 6. The first kappa shape index (κ1) is 23.4. The summed E-state index contributed by atoms with van der Waals surface area (Å²) in [6.07, 6.45) is 6.31. The molecule has 0 radical (unpaired) electrons. The van der Waals surface area contributed by atoms with Gasteiger partial charge in [-0.15, -0.1) is 0 Å². The third-order valence-corrected chi connectivity index (χ3v) is 6.49. The van der Waals surface area contributed by atoms with E-state index in [1.165, 1.54) is 11.6 Å². The highest BCUT2D eigenvalue weighted by molar-refractivity contribution is 6.04. The number of hydrogen-bond acceptors (Lipinski definition) is 7. The smallest absolute Gasteiger partial charge is 0.233 e. The first-order chi connectivity index (χ1) is 16.9. The fourth-order valence-corrected chi connectivity index (χ4v) is 4.62. The molecule has 3 heterocycles. The average Bonchev–Trinajstić information content (AvgIpc) is 3.42. The van der Waals surface area contributed by atoms with Crippen molar-refractivity contribution in [3.8, 4) is 11.6 Å². The molecule has 35 heavy (non-hydrogen) atoms. The van der Waals surface area contributed by atoms with Crippen LogP contribution in [0.25, 0.3) is 6.08 Å². The number of amidine groups is 1. The molecule has 2 aromatic rings. The highest BCUT2D eigenvalue weighted by Gasteiger charge is 2.24. The summed E-state index contributed by atoms with van der Waals surface area (Å²) in [5.41, 5.74) is 3.22. The maximum absolute atomic E-state index is 15.2. The van der Waals surface area contributed by atoms with Crippen molar-refractivity contribution >= 4 is 23.7 Å². The van der Waals surface area contributed by atoms with Crippen LogP contribution in [0, 0.1) is 11.6 Å². The number of aliphatic imine (C=N–C) groups is 1. The molecule has 2 aliphatic heterocycles. The molecule has 1 N–H and O–H groups in total. The van der Waals surface area contributed by atoms with Gasteiger partial charge in [0.1, 0.15) is 11.7 Å². The zero-order valence-corrected chi connectivity index (χ0v) is 20.4. The summed E-state index contributed by atoms with van der Waals surface area (Å²) in [5, 5.41) is 3.16. The van der Waals surface area contributed by atoms with E-state index in [-0.39, 0.29) is 11.8 Å². The Hall–Kier alpha value is -3.33. The molecule has 184 valence electrons. The molecular weight excluding hydrogens is 450 g/mol. The van der Waals surface area contributed by atoms with Crippen LogP contribution in [0.5, 0.6) is 11.6 Å². The Balaban J connectivity index is 1.47. The van der Waals surface area contributed by atoms with E-state index in [1.807, 2.05) is 13.0 Å². The first-order valence-corrected chi connectivity index (χ1v) is 12.1. The van der Waals surface area contributed by atoms with E-state index in [4.69, 9.17) is 4.74 Å². The number of fused-ring (bicyclic) bond motifs is 1. The van der Waals surface area contributed by atoms with Crippen LogP contribution in [-0.4, -0.2) is 60.5 Å². The highest BCUT2D eigenvalue weighted by Crippen LogP contribution is 2.37. The zero-order valence-electron chi connectivity index (χ0n) is 20.4. The van der Waals surface area contributed by atoms with E-state index >= 15 is 4.39 Å². The molecule has 1 aliphatic carbocycles. The number of hydrogen-bond donors (Lipinski definition) is 1. The number of benzene rings is 1. The molecule has 3 aliphatic rings. The zero-order chi connectivity index (χ0) is 24.5.